The molecule has 0 saturated carbocycles. The third kappa shape index (κ3) is 4.28. The fourth-order valence-corrected chi connectivity index (χ4v) is 3.24. The first kappa shape index (κ1) is 20.5. The summed E-state index contributed by atoms with van der Waals surface area (Å²) < 4.78 is 3.95. The average molecular weight is 333 g/mol. The van der Waals surface area contributed by atoms with Gasteiger partial charge in [-0.1, -0.05) is 41.5 Å². The molecular formula is C20H36N4. The molecule has 24 heavy (non-hydrogen) atoms. The molecule has 0 unspecified atom stereocenters. The van der Waals surface area contributed by atoms with Crippen LogP contribution in [-0.2, 0) is 24.9 Å². The molecule has 2 heterocycles. The third-order valence-corrected chi connectivity index (χ3v) is 4.58. The molecule has 0 saturated heterocycles. The molecule has 0 spiro atoms. The molecule has 2 aromatic heterocycles. The van der Waals surface area contributed by atoms with Gasteiger partial charge >= 0.3 is 0 Å². The lowest BCUT2D eigenvalue weighted by Gasteiger charge is -2.19. The van der Waals surface area contributed by atoms with Gasteiger partial charge in [-0.25, -0.2) is 0 Å². The smallest absolute Gasteiger partial charge is 0.0709 e. The lowest BCUT2D eigenvalue weighted by atomic mass is 9.89. The van der Waals surface area contributed by atoms with E-state index in [2.05, 4.69) is 79.4 Å². The number of hydrogen-bond donors (Lipinski definition) is 0. The molecule has 0 aliphatic carbocycles. The van der Waals surface area contributed by atoms with Gasteiger partial charge in [-0.05, 0) is 38.8 Å². The van der Waals surface area contributed by atoms with Crippen molar-refractivity contribution in [2.24, 2.45) is 14.1 Å². The van der Waals surface area contributed by atoms with E-state index in [1.165, 1.54) is 28.2 Å². The Balaban J connectivity index is 0.000000240. The van der Waals surface area contributed by atoms with Gasteiger partial charge in [-0.15, -0.1) is 0 Å². The van der Waals surface area contributed by atoms with Gasteiger partial charge in [-0.3, -0.25) is 9.36 Å². The molecule has 0 bridgehead atoms. The molecule has 0 aliphatic heterocycles. The summed E-state index contributed by atoms with van der Waals surface area (Å²) in [5.74, 6) is 0. The molecule has 0 fully saturated rings. The molecule has 0 radical (unpaired) electrons. The van der Waals surface area contributed by atoms with Gasteiger partial charge in [-0.2, -0.15) is 10.2 Å². The minimum atomic E-state index is 0.163. The molecular weight excluding hydrogens is 296 g/mol. The molecule has 0 N–H and O–H groups in total. The zero-order valence-corrected chi connectivity index (χ0v) is 17.8. The van der Waals surface area contributed by atoms with Crippen molar-refractivity contribution in [1.29, 1.82) is 0 Å². The van der Waals surface area contributed by atoms with Gasteiger partial charge in [0.15, 0.2) is 0 Å². The number of nitrogens with zero attached hydrogens (tertiary/aromatic N) is 4. The summed E-state index contributed by atoms with van der Waals surface area (Å²) in [6, 6.07) is 0. The van der Waals surface area contributed by atoms with Crippen LogP contribution in [-0.4, -0.2) is 19.6 Å². The lowest BCUT2D eigenvalue weighted by Crippen LogP contribution is -2.17. The van der Waals surface area contributed by atoms with Crippen molar-refractivity contribution in [1.82, 2.24) is 19.6 Å². The standard InChI is InChI=1S/2C10H18N2/c1-7-8(2)12(6)11-9(7)10(3,4)5;1-7-8(2)11-12(6)9(7)10(3,4)5/h2*1-6H3. The largest absolute Gasteiger partial charge is 0.272 e. The summed E-state index contributed by atoms with van der Waals surface area (Å²) in [6.07, 6.45) is 0. The van der Waals surface area contributed by atoms with Crippen LogP contribution < -0.4 is 0 Å². The quantitative estimate of drug-likeness (QED) is 0.703. The molecule has 2 aromatic rings. The zero-order valence-electron chi connectivity index (χ0n) is 17.8. The maximum Gasteiger partial charge on any atom is 0.0709 e. The number of aromatic nitrogens is 4. The first-order valence-electron chi connectivity index (χ1n) is 8.69. The van der Waals surface area contributed by atoms with E-state index in [0.29, 0.717) is 0 Å². The Morgan fingerprint density at radius 2 is 1.17 bits per heavy atom. The summed E-state index contributed by atoms with van der Waals surface area (Å²) in [7, 11) is 4.01. The molecule has 0 amide bonds. The summed E-state index contributed by atoms with van der Waals surface area (Å²) in [4.78, 5) is 0. The van der Waals surface area contributed by atoms with Crippen molar-refractivity contribution < 1.29 is 0 Å². The maximum absolute atomic E-state index is 4.50. The van der Waals surface area contributed by atoms with Crippen LogP contribution in [0, 0.1) is 27.7 Å². The Hall–Kier alpha value is -1.58. The SMILES string of the molecule is Cc1c(C(C)(C)C)nn(C)c1C.Cc1nn(C)c(C(C)(C)C)c1C. The molecule has 136 valence electrons. The first-order valence-corrected chi connectivity index (χ1v) is 8.69. The van der Waals surface area contributed by atoms with Gasteiger partial charge in [0.05, 0.1) is 11.4 Å². The van der Waals surface area contributed by atoms with Crippen LogP contribution in [0.4, 0.5) is 0 Å². The average Bonchev–Trinajstić information content (AvgIpc) is 2.80. The Labute approximate surface area is 148 Å². The Morgan fingerprint density at radius 1 is 0.667 bits per heavy atom. The second-order valence-corrected chi connectivity index (χ2v) is 8.87. The maximum atomic E-state index is 4.50. The minimum absolute atomic E-state index is 0.163. The van der Waals surface area contributed by atoms with Crippen molar-refractivity contribution in [2.45, 2.75) is 80.1 Å². The molecule has 0 aromatic carbocycles. The summed E-state index contributed by atoms with van der Waals surface area (Å²) in [5, 5.41) is 8.89. The molecule has 4 nitrogen and oxygen atoms in total. The van der Waals surface area contributed by atoms with Crippen molar-refractivity contribution >= 4 is 0 Å². The van der Waals surface area contributed by atoms with Crippen molar-refractivity contribution in [3.63, 3.8) is 0 Å². The number of aryl methyl sites for hydroxylation is 3. The molecule has 0 atom stereocenters. The van der Waals surface area contributed by atoms with Crippen molar-refractivity contribution in [3.8, 4) is 0 Å². The highest BCUT2D eigenvalue weighted by Gasteiger charge is 2.22. The van der Waals surface area contributed by atoms with E-state index in [4.69, 9.17) is 0 Å². The second kappa shape index (κ2) is 6.73. The van der Waals surface area contributed by atoms with Crippen LogP contribution in [0.25, 0.3) is 0 Å². The summed E-state index contributed by atoms with van der Waals surface area (Å²) in [6.45, 7) is 21.7. The zero-order chi connectivity index (χ0) is 19.0. The van der Waals surface area contributed by atoms with E-state index in [-0.39, 0.29) is 10.8 Å². The van der Waals surface area contributed by atoms with Crippen molar-refractivity contribution in [2.75, 3.05) is 0 Å². The van der Waals surface area contributed by atoms with Crippen molar-refractivity contribution in [3.05, 3.63) is 33.9 Å². The van der Waals surface area contributed by atoms with E-state index >= 15 is 0 Å². The predicted molar refractivity (Wildman–Crippen MR) is 103 cm³/mol. The van der Waals surface area contributed by atoms with Crippen LogP contribution in [0.15, 0.2) is 0 Å². The van der Waals surface area contributed by atoms with E-state index in [0.717, 1.165) is 5.69 Å². The monoisotopic (exact) mass is 332 g/mol. The van der Waals surface area contributed by atoms with Gasteiger partial charge < -0.3 is 0 Å². The Kier molecular flexibility index (Phi) is 5.74. The fourth-order valence-electron chi connectivity index (χ4n) is 3.24. The highest BCUT2D eigenvalue weighted by molar-refractivity contribution is 5.29. The van der Waals surface area contributed by atoms with Gasteiger partial charge in [0.1, 0.15) is 0 Å². The van der Waals surface area contributed by atoms with Crippen LogP contribution >= 0.6 is 0 Å². The molecule has 2 rings (SSSR count). The first-order chi connectivity index (χ1) is 10.7. The minimum Gasteiger partial charge on any atom is -0.272 e. The third-order valence-electron chi connectivity index (χ3n) is 4.58. The van der Waals surface area contributed by atoms with Crippen LogP contribution in [0.2, 0.25) is 0 Å². The highest BCUT2D eigenvalue weighted by Crippen LogP contribution is 2.26. The van der Waals surface area contributed by atoms with Gasteiger partial charge in [0, 0.05) is 36.3 Å². The molecule has 0 aliphatic rings. The van der Waals surface area contributed by atoms with Crippen LogP contribution in [0.5, 0.6) is 0 Å². The molecule has 4 heteroatoms. The Bertz CT molecular complexity index is 704. The highest BCUT2D eigenvalue weighted by atomic mass is 15.3. The summed E-state index contributed by atoms with van der Waals surface area (Å²) >= 11 is 0. The van der Waals surface area contributed by atoms with E-state index in [9.17, 15) is 0 Å². The van der Waals surface area contributed by atoms with Gasteiger partial charge in [0.2, 0.25) is 0 Å². The second-order valence-electron chi connectivity index (χ2n) is 8.87. The fraction of sp³-hybridized carbons (Fsp3) is 0.700. The lowest BCUT2D eigenvalue weighted by molar-refractivity contribution is 0.520. The predicted octanol–water partition coefficient (Wildman–Crippen LogP) is 4.67. The number of hydrogen-bond acceptors (Lipinski definition) is 2. The van der Waals surface area contributed by atoms with Gasteiger partial charge in [0.25, 0.3) is 0 Å². The van der Waals surface area contributed by atoms with Crippen LogP contribution in [0.1, 0.15) is 75.4 Å². The topological polar surface area (TPSA) is 35.6 Å². The number of rotatable bonds is 0. The van der Waals surface area contributed by atoms with E-state index in [1.54, 1.807) is 0 Å². The summed E-state index contributed by atoms with van der Waals surface area (Å²) in [5.41, 5.74) is 7.95. The van der Waals surface area contributed by atoms with E-state index in [1.807, 2.05) is 23.5 Å². The normalized spacial score (nSPS) is 12.2. The Morgan fingerprint density at radius 3 is 1.33 bits per heavy atom. The van der Waals surface area contributed by atoms with Crippen LogP contribution in [0.3, 0.4) is 0 Å². The van der Waals surface area contributed by atoms with E-state index < -0.39 is 0 Å².